The molecule has 0 bridgehead atoms. The van der Waals surface area contributed by atoms with E-state index in [-0.39, 0.29) is 5.92 Å². The third-order valence-electron chi connectivity index (χ3n) is 1.61. The van der Waals surface area contributed by atoms with Crippen molar-refractivity contribution in [3.8, 4) is 0 Å². The van der Waals surface area contributed by atoms with E-state index in [2.05, 4.69) is 6.58 Å². The van der Waals surface area contributed by atoms with Crippen LogP contribution in [0.4, 0.5) is 0 Å². The maximum absolute atomic E-state index is 8.95. The summed E-state index contributed by atoms with van der Waals surface area (Å²) in [5.41, 5.74) is 0.991. The summed E-state index contributed by atoms with van der Waals surface area (Å²) in [5.74, 6) is 0.692. The summed E-state index contributed by atoms with van der Waals surface area (Å²) < 4.78 is 0. The molecule has 0 spiro atoms. The van der Waals surface area contributed by atoms with E-state index in [0.29, 0.717) is 5.76 Å². The lowest BCUT2D eigenvalue weighted by atomic mass is 10.0. The predicted octanol–water partition coefficient (Wildman–Crippen LogP) is 2.66. The van der Waals surface area contributed by atoms with Gasteiger partial charge in [0.2, 0.25) is 0 Å². The Kier molecular flexibility index (Phi) is 3.07. The van der Waals surface area contributed by atoms with Crippen LogP contribution < -0.4 is 0 Å². The fourth-order valence-corrected chi connectivity index (χ4v) is 0.506. The van der Waals surface area contributed by atoms with Crippen molar-refractivity contribution in [2.45, 2.75) is 20.8 Å². The van der Waals surface area contributed by atoms with Crippen LogP contribution in [0.5, 0.6) is 0 Å². The van der Waals surface area contributed by atoms with E-state index < -0.39 is 0 Å². The fraction of sp³-hybridized carbons (Fsp3) is 0.500. The summed E-state index contributed by atoms with van der Waals surface area (Å²) in [4.78, 5) is 0. The second kappa shape index (κ2) is 3.33. The van der Waals surface area contributed by atoms with Crippen molar-refractivity contribution in [1.82, 2.24) is 0 Å². The minimum absolute atomic E-state index is 0.287. The second-order valence-corrected chi connectivity index (χ2v) is 2.29. The normalized spacial score (nSPS) is 16.3. The lowest BCUT2D eigenvalue weighted by Crippen LogP contribution is -1.93. The van der Waals surface area contributed by atoms with Crippen molar-refractivity contribution in [2.75, 3.05) is 0 Å². The van der Waals surface area contributed by atoms with Gasteiger partial charge in [0.25, 0.3) is 0 Å². The van der Waals surface area contributed by atoms with Gasteiger partial charge in [-0.25, -0.2) is 0 Å². The molecule has 0 amide bonds. The van der Waals surface area contributed by atoms with Crippen molar-refractivity contribution in [3.63, 3.8) is 0 Å². The Hall–Kier alpha value is -0.720. The Labute approximate surface area is 56.7 Å². The first kappa shape index (κ1) is 8.28. The van der Waals surface area contributed by atoms with Crippen LogP contribution in [0.15, 0.2) is 24.0 Å². The molecule has 0 saturated carbocycles. The van der Waals surface area contributed by atoms with E-state index in [9.17, 15) is 0 Å². The first-order chi connectivity index (χ1) is 4.09. The van der Waals surface area contributed by atoms with Crippen molar-refractivity contribution in [1.29, 1.82) is 0 Å². The molecule has 0 heterocycles. The molecule has 0 aromatic heterocycles. The lowest BCUT2D eigenvalue weighted by molar-refractivity contribution is 0.401. The number of hydrogen-bond acceptors (Lipinski definition) is 1. The van der Waals surface area contributed by atoms with Gasteiger partial charge < -0.3 is 5.11 Å². The van der Waals surface area contributed by atoms with E-state index in [1.165, 1.54) is 0 Å². The van der Waals surface area contributed by atoms with Crippen LogP contribution in [0.2, 0.25) is 0 Å². The summed E-state index contributed by atoms with van der Waals surface area (Å²) in [7, 11) is 0. The summed E-state index contributed by atoms with van der Waals surface area (Å²) in [5, 5.41) is 8.95. The SMILES string of the molecule is C=CC(C)/C(C)=C(/C)O. The van der Waals surface area contributed by atoms with Crippen LogP contribution in [0, 0.1) is 5.92 Å². The van der Waals surface area contributed by atoms with Crippen LogP contribution in [-0.4, -0.2) is 5.11 Å². The Morgan fingerprint density at radius 3 is 2.11 bits per heavy atom. The average molecular weight is 126 g/mol. The molecule has 1 heteroatoms. The molecule has 0 aromatic rings. The van der Waals surface area contributed by atoms with Gasteiger partial charge in [0.15, 0.2) is 0 Å². The van der Waals surface area contributed by atoms with Crippen LogP contribution in [-0.2, 0) is 0 Å². The van der Waals surface area contributed by atoms with Crippen LogP contribution >= 0.6 is 0 Å². The molecule has 0 rings (SSSR count). The highest BCUT2D eigenvalue weighted by molar-refractivity contribution is 5.10. The second-order valence-electron chi connectivity index (χ2n) is 2.29. The van der Waals surface area contributed by atoms with Gasteiger partial charge in [0.05, 0.1) is 5.76 Å². The first-order valence-electron chi connectivity index (χ1n) is 3.08. The molecule has 1 nitrogen and oxygen atoms in total. The molecule has 0 fully saturated rings. The summed E-state index contributed by atoms with van der Waals surface area (Å²) in [6.45, 7) is 9.22. The number of rotatable bonds is 2. The summed E-state index contributed by atoms with van der Waals surface area (Å²) in [6, 6.07) is 0. The molecule has 52 valence electrons. The quantitative estimate of drug-likeness (QED) is 0.445. The van der Waals surface area contributed by atoms with Crippen LogP contribution in [0.25, 0.3) is 0 Å². The molecule has 0 aliphatic heterocycles. The van der Waals surface area contributed by atoms with Gasteiger partial charge in [-0.2, -0.15) is 0 Å². The van der Waals surface area contributed by atoms with Crippen LogP contribution in [0.3, 0.4) is 0 Å². The van der Waals surface area contributed by atoms with Gasteiger partial charge >= 0.3 is 0 Å². The monoisotopic (exact) mass is 126 g/mol. The van der Waals surface area contributed by atoms with Crippen molar-refractivity contribution in [3.05, 3.63) is 24.0 Å². The van der Waals surface area contributed by atoms with Gasteiger partial charge in [-0.1, -0.05) is 13.0 Å². The Bertz CT molecular complexity index is 130. The molecular weight excluding hydrogens is 112 g/mol. The van der Waals surface area contributed by atoms with E-state index in [1.54, 1.807) is 6.92 Å². The van der Waals surface area contributed by atoms with Gasteiger partial charge in [0.1, 0.15) is 0 Å². The maximum atomic E-state index is 8.95. The van der Waals surface area contributed by atoms with Gasteiger partial charge in [-0.15, -0.1) is 6.58 Å². The average Bonchev–Trinajstić information content (AvgIpc) is 1.84. The highest BCUT2D eigenvalue weighted by atomic mass is 16.3. The van der Waals surface area contributed by atoms with E-state index in [0.717, 1.165) is 5.57 Å². The van der Waals surface area contributed by atoms with Crippen LogP contribution in [0.1, 0.15) is 20.8 Å². The summed E-state index contributed by atoms with van der Waals surface area (Å²) in [6.07, 6.45) is 1.81. The zero-order chi connectivity index (χ0) is 7.44. The van der Waals surface area contributed by atoms with E-state index in [1.807, 2.05) is 19.9 Å². The van der Waals surface area contributed by atoms with Crippen molar-refractivity contribution < 1.29 is 5.11 Å². The lowest BCUT2D eigenvalue weighted by Gasteiger charge is -2.05. The van der Waals surface area contributed by atoms with E-state index >= 15 is 0 Å². The Balaban J connectivity index is 4.19. The zero-order valence-electron chi connectivity index (χ0n) is 6.31. The third kappa shape index (κ3) is 2.36. The molecule has 1 unspecified atom stereocenters. The molecule has 0 saturated heterocycles. The summed E-state index contributed by atoms with van der Waals surface area (Å²) >= 11 is 0. The van der Waals surface area contributed by atoms with Crippen molar-refractivity contribution >= 4 is 0 Å². The Morgan fingerprint density at radius 2 is 2.00 bits per heavy atom. The standard InChI is InChI=1S/C8H14O/c1-5-6(2)7(3)8(4)9/h5-6,9H,1H2,2-4H3/b8-7-. The Morgan fingerprint density at radius 1 is 1.56 bits per heavy atom. The molecule has 0 aliphatic carbocycles. The molecule has 0 aromatic carbocycles. The minimum Gasteiger partial charge on any atom is -0.513 e. The number of allylic oxidation sites excluding steroid dienone is 3. The number of hydrogen-bond donors (Lipinski definition) is 1. The topological polar surface area (TPSA) is 20.2 Å². The highest BCUT2D eigenvalue weighted by Crippen LogP contribution is 2.12. The largest absolute Gasteiger partial charge is 0.513 e. The third-order valence-corrected chi connectivity index (χ3v) is 1.61. The van der Waals surface area contributed by atoms with Gasteiger partial charge in [0, 0.05) is 0 Å². The predicted molar refractivity (Wildman–Crippen MR) is 40.4 cm³/mol. The molecule has 0 radical (unpaired) electrons. The number of aliphatic hydroxyl groups is 1. The smallest absolute Gasteiger partial charge is 0.0886 e. The van der Waals surface area contributed by atoms with Crippen molar-refractivity contribution in [2.24, 2.45) is 5.92 Å². The molecule has 1 N–H and O–H groups in total. The molecular formula is C8H14O. The maximum Gasteiger partial charge on any atom is 0.0886 e. The fourth-order valence-electron chi connectivity index (χ4n) is 0.506. The van der Waals surface area contributed by atoms with E-state index in [4.69, 9.17) is 5.11 Å². The molecule has 0 aliphatic rings. The first-order valence-corrected chi connectivity index (χ1v) is 3.08. The molecule has 9 heavy (non-hydrogen) atoms. The molecule has 1 atom stereocenters. The van der Waals surface area contributed by atoms with Gasteiger partial charge in [-0.05, 0) is 25.3 Å². The zero-order valence-corrected chi connectivity index (χ0v) is 6.31. The number of aliphatic hydroxyl groups excluding tert-OH is 1. The van der Waals surface area contributed by atoms with Gasteiger partial charge in [-0.3, -0.25) is 0 Å². The minimum atomic E-state index is 0.287. The highest BCUT2D eigenvalue weighted by Gasteiger charge is 2.00.